The largest absolute Gasteiger partial charge is 0.506 e. The first-order chi connectivity index (χ1) is 19.5. The second kappa shape index (κ2) is 15.6. The number of rotatable bonds is 15. The lowest BCUT2D eigenvalue weighted by atomic mass is 10.2. The third kappa shape index (κ3) is 9.67. The predicted octanol–water partition coefficient (Wildman–Crippen LogP) is 1.05. The Morgan fingerprint density at radius 2 is 1.10 bits per heavy atom. The van der Waals surface area contributed by atoms with Gasteiger partial charge in [-0.2, -0.15) is 0 Å². The van der Waals surface area contributed by atoms with E-state index in [0.717, 1.165) is 5.56 Å². The number of esters is 4. The van der Waals surface area contributed by atoms with Gasteiger partial charge in [0.1, 0.15) is 56.6 Å². The van der Waals surface area contributed by atoms with Gasteiger partial charge in [0.25, 0.3) is 0 Å². The average molecular weight is 578 g/mol. The first kappa shape index (κ1) is 32.3. The molecule has 0 radical (unpaired) electrons. The molecule has 0 atom stereocenters. The number of nitrogens with zero attached hydrogens (tertiary/aromatic N) is 2. The molecule has 14 heteroatoms. The highest BCUT2D eigenvalue weighted by Crippen LogP contribution is 2.37. The van der Waals surface area contributed by atoms with Gasteiger partial charge in [-0.05, 0) is 24.6 Å². The van der Waals surface area contributed by atoms with Gasteiger partial charge in [-0.3, -0.25) is 19.2 Å². The van der Waals surface area contributed by atoms with Crippen LogP contribution in [0.3, 0.4) is 0 Å². The van der Waals surface area contributed by atoms with E-state index in [2.05, 4.69) is 0 Å². The summed E-state index contributed by atoms with van der Waals surface area (Å²) in [5.41, 5.74) is 7.36. The van der Waals surface area contributed by atoms with E-state index in [1.165, 1.54) is 50.4 Å². The number of nitrogen functional groups attached to an aromatic ring is 1. The molecule has 0 bridgehead atoms. The zero-order chi connectivity index (χ0) is 30.5. The Labute approximate surface area is 237 Å². The number of ether oxygens (including phenoxy) is 6. The lowest BCUT2D eigenvalue weighted by Crippen LogP contribution is -2.36. The van der Waals surface area contributed by atoms with Gasteiger partial charge in [-0.25, -0.2) is 0 Å². The van der Waals surface area contributed by atoms with Crippen molar-refractivity contribution in [1.29, 1.82) is 0 Å². The summed E-state index contributed by atoms with van der Waals surface area (Å²) in [5.74, 6) is -2.19. The second-order valence-electron chi connectivity index (χ2n) is 8.56. The van der Waals surface area contributed by atoms with Gasteiger partial charge in [-0.1, -0.05) is 6.07 Å². The first-order valence-corrected chi connectivity index (χ1v) is 12.3. The van der Waals surface area contributed by atoms with Crippen molar-refractivity contribution in [3.05, 3.63) is 35.9 Å². The van der Waals surface area contributed by atoms with Crippen molar-refractivity contribution < 1.29 is 52.7 Å². The Bertz CT molecular complexity index is 1200. The minimum Gasteiger partial charge on any atom is -0.506 e. The number of carbonyl (C=O) groups excluding carboxylic acids is 4. The monoisotopic (exact) mass is 577 g/mol. The number of phenolic OH excluding ortho intramolecular Hbond substituents is 1. The molecule has 2 aromatic rings. The molecule has 41 heavy (non-hydrogen) atoms. The molecular formula is C27H35N3O11. The summed E-state index contributed by atoms with van der Waals surface area (Å²) in [6.45, 7) is 0.663. The van der Waals surface area contributed by atoms with Crippen LogP contribution in [0.4, 0.5) is 17.1 Å². The molecule has 0 aliphatic carbocycles. The Morgan fingerprint density at radius 1 is 0.683 bits per heavy atom. The molecule has 0 aliphatic rings. The van der Waals surface area contributed by atoms with Crippen molar-refractivity contribution in [3.63, 3.8) is 0 Å². The number of benzene rings is 2. The van der Waals surface area contributed by atoms with Crippen molar-refractivity contribution in [2.24, 2.45) is 0 Å². The molecule has 2 rings (SSSR count). The number of aromatic hydroxyl groups is 1. The van der Waals surface area contributed by atoms with Crippen LogP contribution in [0.15, 0.2) is 30.3 Å². The van der Waals surface area contributed by atoms with Crippen molar-refractivity contribution in [2.75, 3.05) is 83.4 Å². The van der Waals surface area contributed by atoms with Crippen LogP contribution in [0.2, 0.25) is 0 Å². The molecule has 0 unspecified atom stereocenters. The molecule has 2 aromatic carbocycles. The SMILES string of the molecule is COC(=O)CN(CC(=O)OC)c1ccc(C)cc1OCCOc1cc(N)c(O)cc1N(CC(=O)OC)CC(=O)OC. The van der Waals surface area contributed by atoms with E-state index in [0.29, 0.717) is 11.4 Å². The lowest BCUT2D eigenvalue weighted by Gasteiger charge is -2.26. The predicted molar refractivity (Wildman–Crippen MR) is 147 cm³/mol. The highest BCUT2D eigenvalue weighted by Gasteiger charge is 2.23. The smallest absolute Gasteiger partial charge is 0.325 e. The Balaban J connectivity index is 2.28. The van der Waals surface area contributed by atoms with Crippen LogP contribution >= 0.6 is 0 Å². The van der Waals surface area contributed by atoms with E-state index in [9.17, 15) is 24.3 Å². The van der Waals surface area contributed by atoms with Crippen LogP contribution in [0.25, 0.3) is 0 Å². The minimum absolute atomic E-state index is 0.00277. The van der Waals surface area contributed by atoms with E-state index in [1.54, 1.807) is 18.2 Å². The fourth-order valence-electron chi connectivity index (χ4n) is 3.57. The van der Waals surface area contributed by atoms with Crippen LogP contribution in [0.5, 0.6) is 17.2 Å². The zero-order valence-corrected chi connectivity index (χ0v) is 23.6. The number of methoxy groups -OCH3 is 4. The van der Waals surface area contributed by atoms with Crippen molar-refractivity contribution >= 4 is 40.9 Å². The molecule has 0 saturated carbocycles. The summed E-state index contributed by atoms with van der Waals surface area (Å²) < 4.78 is 30.8. The summed E-state index contributed by atoms with van der Waals surface area (Å²) in [6.07, 6.45) is 0. The van der Waals surface area contributed by atoms with Gasteiger partial charge in [0.15, 0.2) is 0 Å². The number of hydrogen-bond donors (Lipinski definition) is 2. The minimum atomic E-state index is -0.644. The molecule has 3 N–H and O–H groups in total. The molecule has 0 saturated heterocycles. The van der Waals surface area contributed by atoms with E-state index < -0.39 is 23.9 Å². The Hall–Kier alpha value is -4.88. The van der Waals surface area contributed by atoms with Gasteiger partial charge < -0.3 is 49.1 Å². The maximum Gasteiger partial charge on any atom is 0.325 e. The maximum absolute atomic E-state index is 12.0. The van der Waals surface area contributed by atoms with E-state index in [1.807, 2.05) is 6.92 Å². The molecule has 0 amide bonds. The van der Waals surface area contributed by atoms with Gasteiger partial charge in [-0.15, -0.1) is 0 Å². The number of anilines is 3. The zero-order valence-electron chi connectivity index (χ0n) is 23.6. The number of aryl methyl sites for hydroxylation is 1. The van der Waals surface area contributed by atoms with Crippen molar-refractivity contribution in [2.45, 2.75) is 6.92 Å². The number of nitrogens with two attached hydrogens (primary N) is 1. The van der Waals surface area contributed by atoms with E-state index in [4.69, 9.17) is 34.2 Å². The van der Waals surface area contributed by atoms with Gasteiger partial charge >= 0.3 is 23.9 Å². The summed E-state index contributed by atoms with van der Waals surface area (Å²) in [4.78, 5) is 50.8. The topological polar surface area (TPSA) is 176 Å². The molecule has 0 spiro atoms. The molecule has 0 aliphatic heterocycles. The number of phenols is 1. The van der Waals surface area contributed by atoms with Crippen LogP contribution in [0.1, 0.15) is 5.56 Å². The first-order valence-electron chi connectivity index (χ1n) is 12.3. The van der Waals surface area contributed by atoms with Crippen LogP contribution in [0, 0.1) is 6.92 Å². The Morgan fingerprint density at radius 3 is 1.54 bits per heavy atom. The molecule has 14 nitrogen and oxygen atoms in total. The summed E-state index contributed by atoms with van der Waals surface area (Å²) in [5, 5.41) is 10.2. The van der Waals surface area contributed by atoms with Crippen molar-refractivity contribution in [3.8, 4) is 17.2 Å². The van der Waals surface area contributed by atoms with Crippen LogP contribution in [-0.2, 0) is 38.1 Å². The normalized spacial score (nSPS) is 10.3. The van der Waals surface area contributed by atoms with E-state index in [-0.39, 0.29) is 62.3 Å². The average Bonchev–Trinajstić information content (AvgIpc) is 2.95. The Kier molecular flexibility index (Phi) is 12.3. The van der Waals surface area contributed by atoms with Crippen LogP contribution < -0.4 is 25.0 Å². The highest BCUT2D eigenvalue weighted by molar-refractivity contribution is 5.84. The molecule has 0 fully saturated rings. The fraction of sp³-hybridized carbons (Fsp3) is 0.407. The van der Waals surface area contributed by atoms with E-state index >= 15 is 0 Å². The second-order valence-corrected chi connectivity index (χ2v) is 8.56. The van der Waals surface area contributed by atoms with Gasteiger partial charge in [0, 0.05) is 12.1 Å². The molecule has 0 heterocycles. The third-order valence-corrected chi connectivity index (χ3v) is 5.69. The number of hydrogen-bond acceptors (Lipinski definition) is 14. The molecule has 224 valence electrons. The molecule has 0 aromatic heterocycles. The van der Waals surface area contributed by atoms with Crippen LogP contribution in [-0.4, -0.2) is 96.8 Å². The third-order valence-electron chi connectivity index (χ3n) is 5.69. The molecular weight excluding hydrogens is 542 g/mol. The van der Waals surface area contributed by atoms with Gasteiger partial charge in [0.2, 0.25) is 0 Å². The fourth-order valence-corrected chi connectivity index (χ4v) is 3.57. The number of carbonyl (C=O) groups is 4. The van der Waals surface area contributed by atoms with Gasteiger partial charge in [0.05, 0.1) is 45.5 Å². The summed E-state index contributed by atoms with van der Waals surface area (Å²) in [7, 11) is 4.88. The quantitative estimate of drug-likeness (QED) is 0.101. The summed E-state index contributed by atoms with van der Waals surface area (Å²) in [6, 6.07) is 7.83. The standard InChI is InChI=1S/C27H35N3O11/c1-17-6-7-19(29(13-24(32)36-2)14-25(33)37-3)22(10-17)40-8-9-41-23-11-18(28)21(31)12-20(23)30(15-26(34)38-4)16-27(35)39-5/h6-7,10-12,31H,8-9,13-16,28H2,1-5H3. The highest BCUT2D eigenvalue weighted by atomic mass is 16.5. The van der Waals surface area contributed by atoms with Crippen molar-refractivity contribution in [1.82, 2.24) is 0 Å². The maximum atomic E-state index is 12.0. The lowest BCUT2D eigenvalue weighted by molar-refractivity contribution is -0.141. The summed E-state index contributed by atoms with van der Waals surface area (Å²) >= 11 is 0.